The van der Waals surface area contributed by atoms with Crippen LogP contribution >= 0.6 is 7.82 Å². The van der Waals surface area contributed by atoms with E-state index >= 15 is 0 Å². The SMILES string of the molecule is CCCCCCCCCCCCCCCCCCCCCCCCC(=O)OC(COCCCCCCCCCCCCCC)COP(=O)([O-])OCC[N+](C)(C)C. The van der Waals surface area contributed by atoms with Crippen LogP contribution in [0.4, 0.5) is 0 Å². The number of carbonyl (C=O) groups excluding carboxylic acids is 1. The molecular formula is C47H96NO7P. The second kappa shape index (κ2) is 41.2. The lowest BCUT2D eigenvalue weighted by molar-refractivity contribution is -0.870. The number of phosphoric acid groups is 1. The van der Waals surface area contributed by atoms with Gasteiger partial charge in [-0.1, -0.05) is 219 Å². The Balaban J connectivity index is 4.05. The molecule has 0 aliphatic heterocycles. The Morgan fingerprint density at radius 2 is 0.821 bits per heavy atom. The number of likely N-dealkylation sites (N-methyl/N-ethyl adjacent to an activating group) is 1. The molecule has 0 aromatic rings. The predicted octanol–water partition coefficient (Wildman–Crippen LogP) is 13.8. The van der Waals surface area contributed by atoms with Gasteiger partial charge in [-0.2, -0.15) is 0 Å². The highest BCUT2D eigenvalue weighted by molar-refractivity contribution is 7.45. The van der Waals surface area contributed by atoms with Gasteiger partial charge in [0.15, 0.2) is 0 Å². The van der Waals surface area contributed by atoms with Crippen molar-refractivity contribution in [1.29, 1.82) is 0 Å². The van der Waals surface area contributed by atoms with Crippen molar-refractivity contribution in [3.05, 3.63) is 0 Å². The van der Waals surface area contributed by atoms with Gasteiger partial charge in [-0.15, -0.1) is 0 Å². The van der Waals surface area contributed by atoms with Crippen molar-refractivity contribution in [2.75, 3.05) is 54.1 Å². The third-order valence-electron chi connectivity index (χ3n) is 10.9. The fourth-order valence-corrected chi connectivity index (χ4v) is 7.87. The van der Waals surface area contributed by atoms with Crippen molar-refractivity contribution in [3.63, 3.8) is 0 Å². The monoisotopic (exact) mass is 818 g/mol. The van der Waals surface area contributed by atoms with E-state index < -0.39 is 13.9 Å². The number of hydrogen-bond donors (Lipinski definition) is 0. The van der Waals surface area contributed by atoms with Crippen molar-refractivity contribution < 1.29 is 37.3 Å². The molecule has 0 heterocycles. The highest BCUT2D eigenvalue weighted by atomic mass is 31.2. The molecule has 0 fully saturated rings. The van der Waals surface area contributed by atoms with Crippen LogP contribution in [0.1, 0.15) is 239 Å². The largest absolute Gasteiger partial charge is 0.756 e. The Kier molecular flexibility index (Phi) is 40.9. The fourth-order valence-electron chi connectivity index (χ4n) is 7.14. The minimum absolute atomic E-state index is 0.0314. The highest BCUT2D eigenvalue weighted by Gasteiger charge is 2.20. The Morgan fingerprint density at radius 3 is 1.18 bits per heavy atom. The summed E-state index contributed by atoms with van der Waals surface area (Å²) >= 11 is 0. The van der Waals surface area contributed by atoms with Gasteiger partial charge in [0, 0.05) is 13.0 Å². The minimum atomic E-state index is -4.52. The zero-order chi connectivity index (χ0) is 41.3. The molecule has 2 atom stereocenters. The summed E-state index contributed by atoms with van der Waals surface area (Å²) in [6.45, 7) is 5.47. The second-order valence-corrected chi connectivity index (χ2v) is 19.3. The summed E-state index contributed by atoms with van der Waals surface area (Å²) in [6, 6.07) is 0. The van der Waals surface area contributed by atoms with Gasteiger partial charge in [0.05, 0.1) is 34.4 Å². The molecule has 0 aromatic heterocycles. The standard InChI is InChI=1S/C47H96NO7P/c1-6-8-10-12-14-16-18-20-21-22-23-24-25-26-27-28-29-30-32-34-36-38-40-47(49)55-46(45-54-56(50,51)53-43-41-48(3,4)5)44-52-42-39-37-35-33-31-19-17-15-13-11-9-7-2/h46H,6-45H2,1-5H3. The maximum Gasteiger partial charge on any atom is 0.306 e. The van der Waals surface area contributed by atoms with Crippen LogP contribution in [0.15, 0.2) is 0 Å². The van der Waals surface area contributed by atoms with Gasteiger partial charge in [0.25, 0.3) is 7.82 Å². The molecule has 0 saturated heterocycles. The summed E-state index contributed by atoms with van der Waals surface area (Å²) in [7, 11) is 1.38. The minimum Gasteiger partial charge on any atom is -0.756 e. The molecule has 0 aliphatic carbocycles. The molecule has 0 aromatic carbocycles. The molecule has 0 radical (unpaired) electrons. The van der Waals surface area contributed by atoms with Gasteiger partial charge in [0.1, 0.15) is 19.3 Å². The summed E-state index contributed by atoms with van der Waals surface area (Å²) in [5.41, 5.74) is 0. The number of unbranched alkanes of at least 4 members (excludes halogenated alkanes) is 32. The molecule has 2 unspecified atom stereocenters. The van der Waals surface area contributed by atoms with E-state index in [1.165, 1.54) is 186 Å². The normalized spacial score (nSPS) is 13.6. The molecular weight excluding hydrogens is 721 g/mol. The van der Waals surface area contributed by atoms with Crippen molar-refractivity contribution in [2.24, 2.45) is 0 Å². The second-order valence-electron chi connectivity index (χ2n) is 17.8. The van der Waals surface area contributed by atoms with E-state index in [0.29, 0.717) is 24.1 Å². The summed E-state index contributed by atoms with van der Waals surface area (Å²) in [5, 5.41) is 0. The van der Waals surface area contributed by atoms with Crippen molar-refractivity contribution in [3.8, 4) is 0 Å². The predicted molar refractivity (Wildman–Crippen MR) is 236 cm³/mol. The number of ether oxygens (including phenoxy) is 2. The van der Waals surface area contributed by atoms with E-state index in [2.05, 4.69) is 13.8 Å². The smallest absolute Gasteiger partial charge is 0.306 e. The lowest BCUT2D eigenvalue weighted by Crippen LogP contribution is -2.37. The molecule has 8 nitrogen and oxygen atoms in total. The van der Waals surface area contributed by atoms with E-state index in [4.69, 9.17) is 18.5 Å². The van der Waals surface area contributed by atoms with Crippen LogP contribution in [0, 0.1) is 0 Å². The Bertz CT molecular complexity index is 868. The molecule has 9 heteroatoms. The fraction of sp³-hybridized carbons (Fsp3) is 0.979. The van der Waals surface area contributed by atoms with Gasteiger partial charge in [-0.05, 0) is 12.8 Å². The van der Waals surface area contributed by atoms with E-state index in [1.807, 2.05) is 21.1 Å². The van der Waals surface area contributed by atoms with Gasteiger partial charge in [-0.25, -0.2) is 0 Å². The molecule has 0 N–H and O–H groups in total. The molecule has 0 saturated carbocycles. The number of quaternary nitrogens is 1. The van der Waals surface area contributed by atoms with E-state index in [-0.39, 0.29) is 25.8 Å². The number of carbonyl (C=O) groups is 1. The Labute approximate surface area is 348 Å². The summed E-state index contributed by atoms with van der Waals surface area (Å²) in [5.74, 6) is -0.326. The average Bonchev–Trinajstić information content (AvgIpc) is 3.15. The van der Waals surface area contributed by atoms with E-state index in [9.17, 15) is 14.3 Å². The Morgan fingerprint density at radius 1 is 0.482 bits per heavy atom. The maximum atomic E-state index is 12.7. The number of phosphoric ester groups is 1. The van der Waals surface area contributed by atoms with Crippen molar-refractivity contribution in [2.45, 2.75) is 245 Å². The van der Waals surface area contributed by atoms with Gasteiger partial charge < -0.3 is 27.9 Å². The van der Waals surface area contributed by atoms with Crippen LogP contribution in [0.2, 0.25) is 0 Å². The van der Waals surface area contributed by atoms with Crippen molar-refractivity contribution >= 4 is 13.8 Å². The molecule has 336 valence electrons. The molecule has 0 bridgehead atoms. The lowest BCUT2D eigenvalue weighted by Gasteiger charge is -2.28. The zero-order valence-corrected chi connectivity index (χ0v) is 39.0. The third kappa shape index (κ3) is 44.6. The van der Waals surface area contributed by atoms with Crippen LogP contribution in [0.25, 0.3) is 0 Å². The van der Waals surface area contributed by atoms with Gasteiger partial charge in [-0.3, -0.25) is 9.36 Å². The number of rotatable bonds is 46. The third-order valence-corrected chi connectivity index (χ3v) is 11.9. The summed E-state index contributed by atoms with van der Waals surface area (Å²) in [6.07, 6.45) is 44.0. The Hall–Kier alpha value is -0.500. The quantitative estimate of drug-likeness (QED) is 0.0261. The van der Waals surface area contributed by atoms with Crippen molar-refractivity contribution in [1.82, 2.24) is 0 Å². The van der Waals surface area contributed by atoms with Crippen LogP contribution in [-0.4, -0.2) is 70.7 Å². The first-order valence-electron chi connectivity index (χ1n) is 24.3. The maximum absolute atomic E-state index is 12.7. The molecule has 56 heavy (non-hydrogen) atoms. The number of nitrogens with zero attached hydrogens (tertiary/aromatic N) is 1. The van der Waals surface area contributed by atoms with Gasteiger partial charge >= 0.3 is 5.97 Å². The van der Waals surface area contributed by atoms with E-state index in [0.717, 1.165) is 32.1 Å². The van der Waals surface area contributed by atoms with Crippen LogP contribution in [0.3, 0.4) is 0 Å². The summed E-state index contributed by atoms with van der Waals surface area (Å²) < 4.78 is 34.6. The van der Waals surface area contributed by atoms with Crippen LogP contribution in [-0.2, 0) is 27.9 Å². The summed E-state index contributed by atoms with van der Waals surface area (Å²) in [4.78, 5) is 25.1. The molecule has 0 spiro atoms. The van der Waals surface area contributed by atoms with Crippen LogP contribution < -0.4 is 4.89 Å². The number of hydrogen-bond acceptors (Lipinski definition) is 7. The molecule has 0 aliphatic rings. The highest BCUT2D eigenvalue weighted by Crippen LogP contribution is 2.38. The van der Waals surface area contributed by atoms with Crippen LogP contribution in [0.5, 0.6) is 0 Å². The topological polar surface area (TPSA) is 94.1 Å². The van der Waals surface area contributed by atoms with E-state index in [1.54, 1.807) is 0 Å². The molecule has 0 rings (SSSR count). The first-order chi connectivity index (χ1) is 27.1. The zero-order valence-electron chi connectivity index (χ0n) is 38.1. The molecule has 0 amide bonds. The average molecular weight is 818 g/mol. The first-order valence-corrected chi connectivity index (χ1v) is 25.7. The number of esters is 1. The van der Waals surface area contributed by atoms with Gasteiger partial charge in [0.2, 0.25) is 0 Å². The lowest BCUT2D eigenvalue weighted by atomic mass is 10.0. The first kappa shape index (κ1) is 55.5.